The Bertz CT molecular complexity index is 548. The third-order valence-electron chi connectivity index (χ3n) is 3.30. The average molecular weight is 261 g/mol. The first-order valence-corrected chi connectivity index (χ1v) is 6.54. The Labute approximate surface area is 113 Å². The Hall–Kier alpha value is -1.68. The molecule has 0 fully saturated rings. The highest BCUT2D eigenvalue weighted by Crippen LogP contribution is 2.16. The van der Waals surface area contributed by atoms with Gasteiger partial charge in [0.1, 0.15) is 5.82 Å². The van der Waals surface area contributed by atoms with Crippen LogP contribution in [0.2, 0.25) is 0 Å². The third-order valence-corrected chi connectivity index (χ3v) is 3.30. The van der Waals surface area contributed by atoms with E-state index in [0.717, 1.165) is 24.2 Å². The highest BCUT2D eigenvalue weighted by atomic mass is 19.1. The van der Waals surface area contributed by atoms with E-state index in [1.807, 2.05) is 38.4 Å². The van der Waals surface area contributed by atoms with Crippen molar-refractivity contribution in [3.05, 3.63) is 53.1 Å². The van der Waals surface area contributed by atoms with Crippen LogP contribution in [-0.2, 0) is 13.5 Å². The fourth-order valence-corrected chi connectivity index (χ4v) is 2.01. The maximum absolute atomic E-state index is 13.5. The molecule has 0 saturated carbocycles. The van der Waals surface area contributed by atoms with Gasteiger partial charge in [-0.3, -0.25) is 4.68 Å². The third kappa shape index (κ3) is 3.64. The summed E-state index contributed by atoms with van der Waals surface area (Å²) in [7, 11) is 1.91. The zero-order chi connectivity index (χ0) is 13.8. The van der Waals surface area contributed by atoms with Crippen molar-refractivity contribution in [1.82, 2.24) is 15.1 Å². The van der Waals surface area contributed by atoms with Crippen molar-refractivity contribution in [2.24, 2.45) is 7.05 Å². The molecular weight excluding hydrogens is 241 g/mol. The SMILES string of the molecule is Cc1ccc(C(C)NCCc2ccn(C)n2)cc1F. The first kappa shape index (κ1) is 13.7. The number of aromatic nitrogens is 2. The van der Waals surface area contributed by atoms with Gasteiger partial charge in [0.2, 0.25) is 0 Å². The van der Waals surface area contributed by atoms with Gasteiger partial charge in [0, 0.05) is 32.3 Å². The number of halogens is 1. The van der Waals surface area contributed by atoms with E-state index in [1.165, 1.54) is 0 Å². The predicted molar refractivity (Wildman–Crippen MR) is 74.5 cm³/mol. The van der Waals surface area contributed by atoms with Crippen LogP contribution in [0.5, 0.6) is 0 Å². The monoisotopic (exact) mass is 261 g/mol. The van der Waals surface area contributed by atoms with Gasteiger partial charge >= 0.3 is 0 Å². The Morgan fingerprint density at radius 3 is 2.79 bits per heavy atom. The second-order valence-electron chi connectivity index (χ2n) is 4.92. The normalized spacial score (nSPS) is 12.6. The summed E-state index contributed by atoms with van der Waals surface area (Å²) in [6.07, 6.45) is 2.81. The molecule has 1 atom stereocenters. The van der Waals surface area contributed by atoms with Crippen molar-refractivity contribution in [3.63, 3.8) is 0 Å². The van der Waals surface area contributed by atoms with Crippen LogP contribution < -0.4 is 5.32 Å². The lowest BCUT2D eigenvalue weighted by atomic mass is 10.1. The van der Waals surface area contributed by atoms with E-state index in [4.69, 9.17) is 0 Å². The molecule has 0 aliphatic carbocycles. The van der Waals surface area contributed by atoms with Crippen molar-refractivity contribution in [3.8, 4) is 0 Å². The predicted octanol–water partition coefficient (Wildman–Crippen LogP) is 2.76. The molecule has 102 valence electrons. The van der Waals surface area contributed by atoms with Crippen LogP contribution >= 0.6 is 0 Å². The summed E-state index contributed by atoms with van der Waals surface area (Å²) in [4.78, 5) is 0. The van der Waals surface area contributed by atoms with Crippen LogP contribution in [0.4, 0.5) is 4.39 Å². The molecule has 0 bridgehead atoms. The Balaban J connectivity index is 1.86. The molecule has 1 heterocycles. The molecule has 4 heteroatoms. The van der Waals surface area contributed by atoms with E-state index in [2.05, 4.69) is 10.4 Å². The van der Waals surface area contributed by atoms with Gasteiger partial charge in [-0.2, -0.15) is 5.10 Å². The van der Waals surface area contributed by atoms with E-state index in [9.17, 15) is 4.39 Å². The number of benzene rings is 1. The Kier molecular flexibility index (Phi) is 4.32. The van der Waals surface area contributed by atoms with E-state index in [1.54, 1.807) is 17.7 Å². The fraction of sp³-hybridized carbons (Fsp3) is 0.400. The zero-order valence-electron chi connectivity index (χ0n) is 11.7. The molecular formula is C15H20FN3. The van der Waals surface area contributed by atoms with Crippen molar-refractivity contribution >= 4 is 0 Å². The average Bonchev–Trinajstić information content (AvgIpc) is 2.78. The quantitative estimate of drug-likeness (QED) is 0.897. The minimum atomic E-state index is -0.143. The molecule has 1 N–H and O–H groups in total. The lowest BCUT2D eigenvalue weighted by molar-refractivity contribution is 0.561. The van der Waals surface area contributed by atoms with Gasteiger partial charge in [-0.15, -0.1) is 0 Å². The van der Waals surface area contributed by atoms with Crippen molar-refractivity contribution in [1.29, 1.82) is 0 Å². The van der Waals surface area contributed by atoms with Crippen LogP contribution in [0.3, 0.4) is 0 Å². The Morgan fingerprint density at radius 1 is 1.37 bits per heavy atom. The van der Waals surface area contributed by atoms with Crippen molar-refractivity contribution < 1.29 is 4.39 Å². The highest BCUT2D eigenvalue weighted by molar-refractivity contribution is 5.25. The summed E-state index contributed by atoms with van der Waals surface area (Å²) >= 11 is 0. The molecule has 2 aromatic rings. The molecule has 1 aromatic heterocycles. The molecule has 19 heavy (non-hydrogen) atoms. The molecule has 0 amide bonds. The van der Waals surface area contributed by atoms with Gasteiger partial charge in [0.15, 0.2) is 0 Å². The fourth-order valence-electron chi connectivity index (χ4n) is 2.01. The van der Waals surface area contributed by atoms with E-state index in [0.29, 0.717) is 5.56 Å². The molecule has 1 unspecified atom stereocenters. The van der Waals surface area contributed by atoms with E-state index >= 15 is 0 Å². The smallest absolute Gasteiger partial charge is 0.126 e. The minimum Gasteiger partial charge on any atom is -0.310 e. The zero-order valence-corrected chi connectivity index (χ0v) is 11.7. The number of hydrogen-bond acceptors (Lipinski definition) is 2. The molecule has 0 saturated heterocycles. The molecule has 0 spiro atoms. The largest absolute Gasteiger partial charge is 0.310 e. The number of nitrogens with one attached hydrogen (secondary N) is 1. The topological polar surface area (TPSA) is 29.9 Å². The standard InChI is InChI=1S/C15H20FN3/c1-11-4-5-13(10-15(11)16)12(2)17-8-6-14-7-9-19(3)18-14/h4-5,7,9-10,12,17H,6,8H2,1-3H3. The molecule has 1 aromatic carbocycles. The number of nitrogens with zero attached hydrogens (tertiary/aromatic N) is 2. The van der Waals surface area contributed by atoms with Crippen LogP contribution in [0, 0.1) is 12.7 Å². The summed E-state index contributed by atoms with van der Waals surface area (Å²) in [6, 6.07) is 7.54. The second-order valence-corrected chi connectivity index (χ2v) is 4.92. The summed E-state index contributed by atoms with van der Waals surface area (Å²) in [5.74, 6) is -0.143. The molecule has 3 nitrogen and oxygen atoms in total. The van der Waals surface area contributed by atoms with Crippen molar-refractivity contribution in [2.45, 2.75) is 26.3 Å². The van der Waals surface area contributed by atoms with Gasteiger partial charge < -0.3 is 5.32 Å². The summed E-state index contributed by atoms with van der Waals surface area (Å²) in [5, 5.41) is 7.71. The summed E-state index contributed by atoms with van der Waals surface area (Å²) in [5.41, 5.74) is 2.73. The maximum atomic E-state index is 13.5. The highest BCUT2D eigenvalue weighted by Gasteiger charge is 2.07. The number of aryl methyl sites for hydroxylation is 2. The van der Waals surface area contributed by atoms with Crippen LogP contribution in [-0.4, -0.2) is 16.3 Å². The van der Waals surface area contributed by atoms with Gasteiger partial charge in [0.05, 0.1) is 5.69 Å². The summed E-state index contributed by atoms with van der Waals surface area (Å²) < 4.78 is 15.3. The molecule has 0 radical (unpaired) electrons. The minimum absolute atomic E-state index is 0.138. The first-order valence-electron chi connectivity index (χ1n) is 6.54. The lowest BCUT2D eigenvalue weighted by Crippen LogP contribution is -2.21. The Morgan fingerprint density at radius 2 is 2.16 bits per heavy atom. The number of rotatable bonds is 5. The van der Waals surface area contributed by atoms with E-state index in [-0.39, 0.29) is 11.9 Å². The van der Waals surface area contributed by atoms with Gasteiger partial charge in [-0.25, -0.2) is 4.39 Å². The maximum Gasteiger partial charge on any atom is 0.126 e. The van der Waals surface area contributed by atoms with Crippen LogP contribution in [0.25, 0.3) is 0 Å². The van der Waals surface area contributed by atoms with Crippen molar-refractivity contribution in [2.75, 3.05) is 6.54 Å². The van der Waals surface area contributed by atoms with Gasteiger partial charge in [-0.05, 0) is 37.1 Å². The summed E-state index contributed by atoms with van der Waals surface area (Å²) in [6.45, 7) is 4.65. The molecule has 0 aliphatic heterocycles. The second kappa shape index (κ2) is 5.97. The van der Waals surface area contributed by atoms with Crippen LogP contribution in [0.1, 0.15) is 29.8 Å². The first-order chi connectivity index (χ1) is 9.06. The lowest BCUT2D eigenvalue weighted by Gasteiger charge is -2.14. The van der Waals surface area contributed by atoms with Gasteiger partial charge in [-0.1, -0.05) is 12.1 Å². The van der Waals surface area contributed by atoms with E-state index < -0.39 is 0 Å². The molecule has 0 aliphatic rings. The van der Waals surface area contributed by atoms with Gasteiger partial charge in [0.25, 0.3) is 0 Å². The molecule has 2 rings (SSSR count). The van der Waals surface area contributed by atoms with Crippen LogP contribution in [0.15, 0.2) is 30.5 Å². The number of hydrogen-bond donors (Lipinski definition) is 1.